The van der Waals surface area contributed by atoms with Crippen LogP contribution in [0.2, 0.25) is 0 Å². The number of hydrogen-bond donors (Lipinski definition) is 1. The molecule has 1 unspecified atom stereocenters. The summed E-state index contributed by atoms with van der Waals surface area (Å²) in [7, 11) is 1.63. The van der Waals surface area contributed by atoms with Gasteiger partial charge in [0.15, 0.2) is 4.77 Å². The van der Waals surface area contributed by atoms with Gasteiger partial charge in [0.25, 0.3) is 5.91 Å². The van der Waals surface area contributed by atoms with Crippen molar-refractivity contribution >= 4 is 29.0 Å². The maximum Gasteiger partial charge on any atom is 0.272 e. The Kier molecular flexibility index (Phi) is 5.13. The molecule has 3 heterocycles. The van der Waals surface area contributed by atoms with Gasteiger partial charge in [-0.1, -0.05) is 6.07 Å². The summed E-state index contributed by atoms with van der Waals surface area (Å²) in [4.78, 5) is 19.5. The smallest absolute Gasteiger partial charge is 0.272 e. The highest BCUT2D eigenvalue weighted by Crippen LogP contribution is 2.27. The Bertz CT molecular complexity index is 1070. The zero-order valence-electron chi connectivity index (χ0n) is 16.0. The first-order valence-electron chi connectivity index (χ1n) is 9.50. The average molecular weight is 398 g/mol. The number of fused-ring (bicyclic) bond motifs is 1. The van der Waals surface area contributed by atoms with Crippen LogP contribution in [0.4, 0.5) is 0 Å². The van der Waals surface area contributed by atoms with E-state index < -0.39 is 0 Å². The van der Waals surface area contributed by atoms with Crippen LogP contribution >= 0.6 is 12.2 Å². The van der Waals surface area contributed by atoms with Gasteiger partial charge >= 0.3 is 0 Å². The van der Waals surface area contributed by atoms with Gasteiger partial charge in [-0.15, -0.1) is 0 Å². The first kappa shape index (κ1) is 18.6. The standard InChI is InChI=1S/C20H23N5O2S/c1-3-25-18(22-23-20(25)28)14-5-4-10-24(12-14)19(26)17-8-6-13-11-15(27-2)7-9-16(13)21-17/h6-9,11,14H,3-5,10,12H2,1-2H3,(H,23,28). The Morgan fingerprint density at radius 2 is 2.21 bits per heavy atom. The molecule has 1 aliphatic heterocycles. The van der Waals surface area contributed by atoms with Gasteiger partial charge in [0.2, 0.25) is 0 Å². The normalized spacial score (nSPS) is 17.1. The third kappa shape index (κ3) is 3.40. The van der Waals surface area contributed by atoms with Crippen LogP contribution in [-0.2, 0) is 6.54 Å². The summed E-state index contributed by atoms with van der Waals surface area (Å²) in [6, 6.07) is 9.36. The van der Waals surface area contributed by atoms with E-state index in [-0.39, 0.29) is 11.8 Å². The fourth-order valence-corrected chi connectivity index (χ4v) is 4.10. The van der Waals surface area contributed by atoms with Crippen LogP contribution in [0.15, 0.2) is 30.3 Å². The molecule has 1 saturated heterocycles. The zero-order chi connectivity index (χ0) is 19.7. The molecular formula is C20H23N5O2S. The van der Waals surface area contributed by atoms with Crippen molar-refractivity contribution in [2.75, 3.05) is 20.2 Å². The number of aromatic nitrogens is 4. The third-order valence-electron chi connectivity index (χ3n) is 5.29. The maximum absolute atomic E-state index is 13.1. The van der Waals surface area contributed by atoms with E-state index in [2.05, 4.69) is 22.1 Å². The fourth-order valence-electron chi connectivity index (χ4n) is 3.83. The Balaban J connectivity index is 1.57. The molecule has 8 heteroatoms. The van der Waals surface area contributed by atoms with E-state index in [0.717, 1.165) is 48.4 Å². The highest BCUT2D eigenvalue weighted by atomic mass is 32.1. The largest absolute Gasteiger partial charge is 0.497 e. The van der Waals surface area contributed by atoms with Gasteiger partial charge in [0.1, 0.15) is 17.3 Å². The topological polar surface area (TPSA) is 76.0 Å². The lowest BCUT2D eigenvalue weighted by molar-refractivity contribution is 0.0697. The molecule has 7 nitrogen and oxygen atoms in total. The van der Waals surface area contributed by atoms with E-state index in [4.69, 9.17) is 17.0 Å². The number of pyridine rings is 1. The fraction of sp³-hybridized carbons (Fsp3) is 0.400. The highest BCUT2D eigenvalue weighted by Gasteiger charge is 2.29. The monoisotopic (exact) mass is 397 g/mol. The van der Waals surface area contributed by atoms with Crippen LogP contribution < -0.4 is 4.74 Å². The highest BCUT2D eigenvalue weighted by molar-refractivity contribution is 7.71. The second-order valence-corrected chi connectivity index (χ2v) is 7.36. The minimum absolute atomic E-state index is 0.0420. The minimum Gasteiger partial charge on any atom is -0.497 e. The molecule has 3 aromatic rings. The predicted octanol–water partition coefficient (Wildman–Crippen LogP) is 3.54. The van der Waals surface area contributed by atoms with Crippen LogP contribution in [0.1, 0.15) is 42.0 Å². The summed E-state index contributed by atoms with van der Waals surface area (Å²) >= 11 is 5.31. The van der Waals surface area contributed by atoms with Crippen molar-refractivity contribution in [3.63, 3.8) is 0 Å². The van der Waals surface area contributed by atoms with Gasteiger partial charge in [-0.3, -0.25) is 9.89 Å². The number of carbonyl (C=O) groups excluding carboxylic acids is 1. The van der Waals surface area contributed by atoms with E-state index in [1.165, 1.54) is 0 Å². The molecular weight excluding hydrogens is 374 g/mol. The SMILES string of the molecule is CCn1c(C2CCCN(C(=O)c3ccc4cc(OC)ccc4n3)C2)n[nH]c1=S. The Hall–Kier alpha value is -2.74. The number of ether oxygens (including phenoxy) is 1. The number of piperidine rings is 1. The summed E-state index contributed by atoms with van der Waals surface area (Å²) in [6.45, 7) is 4.18. The van der Waals surface area contributed by atoms with Gasteiger partial charge in [-0.2, -0.15) is 5.10 Å². The van der Waals surface area contributed by atoms with Gasteiger partial charge in [-0.25, -0.2) is 4.98 Å². The molecule has 1 atom stereocenters. The molecule has 1 aromatic carbocycles. The predicted molar refractivity (Wildman–Crippen MR) is 109 cm³/mol. The van der Waals surface area contributed by atoms with Gasteiger partial charge in [0, 0.05) is 30.9 Å². The van der Waals surface area contributed by atoms with E-state index >= 15 is 0 Å². The Labute approximate surface area is 168 Å². The third-order valence-corrected chi connectivity index (χ3v) is 5.60. The number of nitrogens with one attached hydrogen (secondary N) is 1. The van der Waals surface area contributed by atoms with Crippen LogP contribution in [0.3, 0.4) is 0 Å². The van der Waals surface area contributed by atoms with Crippen molar-refractivity contribution < 1.29 is 9.53 Å². The summed E-state index contributed by atoms with van der Waals surface area (Å²) in [5.74, 6) is 1.84. The van der Waals surface area contributed by atoms with Crippen molar-refractivity contribution in [1.29, 1.82) is 0 Å². The van der Waals surface area contributed by atoms with E-state index in [0.29, 0.717) is 17.0 Å². The molecule has 2 aromatic heterocycles. The van der Waals surface area contributed by atoms with Crippen molar-refractivity contribution in [3.8, 4) is 5.75 Å². The molecule has 0 bridgehead atoms. The molecule has 28 heavy (non-hydrogen) atoms. The number of amides is 1. The number of rotatable bonds is 4. The lowest BCUT2D eigenvalue weighted by Gasteiger charge is -2.32. The molecule has 1 aliphatic rings. The number of nitrogens with zero attached hydrogens (tertiary/aromatic N) is 4. The summed E-state index contributed by atoms with van der Waals surface area (Å²) in [5, 5.41) is 8.24. The summed E-state index contributed by atoms with van der Waals surface area (Å²) < 4.78 is 7.89. The van der Waals surface area contributed by atoms with Crippen molar-refractivity contribution in [3.05, 3.63) is 46.6 Å². The molecule has 0 saturated carbocycles. The zero-order valence-corrected chi connectivity index (χ0v) is 16.8. The molecule has 4 rings (SSSR count). The quantitative estimate of drug-likeness (QED) is 0.682. The van der Waals surface area contributed by atoms with Crippen LogP contribution in [0.5, 0.6) is 5.75 Å². The van der Waals surface area contributed by atoms with Crippen LogP contribution in [-0.4, -0.2) is 50.8 Å². The van der Waals surface area contributed by atoms with E-state index in [9.17, 15) is 4.79 Å². The lowest BCUT2D eigenvalue weighted by atomic mass is 9.96. The number of aromatic amines is 1. The molecule has 0 spiro atoms. The number of H-pyrrole nitrogens is 1. The summed E-state index contributed by atoms with van der Waals surface area (Å²) in [6.07, 6.45) is 1.93. The maximum atomic E-state index is 13.1. The molecule has 1 N–H and O–H groups in total. The average Bonchev–Trinajstić information content (AvgIpc) is 3.13. The van der Waals surface area contributed by atoms with Crippen molar-refractivity contribution in [2.24, 2.45) is 0 Å². The van der Waals surface area contributed by atoms with E-state index in [1.807, 2.05) is 33.7 Å². The molecule has 0 aliphatic carbocycles. The number of methoxy groups -OCH3 is 1. The van der Waals surface area contributed by atoms with Crippen LogP contribution in [0, 0.1) is 4.77 Å². The molecule has 1 amide bonds. The Morgan fingerprint density at radius 1 is 1.36 bits per heavy atom. The molecule has 1 fully saturated rings. The number of hydrogen-bond acceptors (Lipinski definition) is 5. The number of benzene rings is 1. The Morgan fingerprint density at radius 3 is 3.00 bits per heavy atom. The van der Waals surface area contributed by atoms with Crippen molar-refractivity contribution in [1.82, 2.24) is 24.6 Å². The van der Waals surface area contributed by atoms with E-state index in [1.54, 1.807) is 13.2 Å². The first-order chi connectivity index (χ1) is 13.6. The molecule has 0 radical (unpaired) electrons. The molecule has 146 valence electrons. The first-order valence-corrected chi connectivity index (χ1v) is 9.90. The van der Waals surface area contributed by atoms with Gasteiger partial charge in [-0.05, 0) is 56.2 Å². The minimum atomic E-state index is -0.0420. The number of likely N-dealkylation sites (tertiary alicyclic amines) is 1. The number of carbonyl (C=O) groups is 1. The van der Waals surface area contributed by atoms with Crippen molar-refractivity contribution in [2.45, 2.75) is 32.2 Å². The second-order valence-electron chi connectivity index (χ2n) is 6.98. The lowest BCUT2D eigenvalue weighted by Crippen LogP contribution is -2.40. The second kappa shape index (κ2) is 7.71. The van der Waals surface area contributed by atoms with Gasteiger partial charge in [0.05, 0.1) is 12.6 Å². The van der Waals surface area contributed by atoms with Crippen LogP contribution in [0.25, 0.3) is 10.9 Å². The van der Waals surface area contributed by atoms with Gasteiger partial charge < -0.3 is 14.2 Å². The summed E-state index contributed by atoms with van der Waals surface area (Å²) in [5.41, 5.74) is 1.25.